The van der Waals surface area contributed by atoms with Crippen LogP contribution in [0.5, 0.6) is 0 Å². The Morgan fingerprint density at radius 1 is 1.23 bits per heavy atom. The molecule has 0 spiro atoms. The monoisotopic (exact) mass is 303 g/mol. The molecule has 0 radical (unpaired) electrons. The summed E-state index contributed by atoms with van der Waals surface area (Å²) in [5.74, 6) is -0.0330. The molecule has 0 atom stereocenters. The number of fused-ring (bicyclic) bond motifs is 1. The van der Waals surface area contributed by atoms with E-state index < -0.39 is 0 Å². The molecule has 6 nitrogen and oxygen atoms in total. The third-order valence-electron chi connectivity index (χ3n) is 3.71. The molecule has 0 saturated carbocycles. The lowest BCUT2D eigenvalue weighted by Gasteiger charge is -2.17. The second-order valence-corrected chi connectivity index (χ2v) is 5.36. The molecule has 0 aliphatic rings. The van der Waals surface area contributed by atoms with Gasteiger partial charge in [-0.05, 0) is 18.6 Å². The normalized spacial score (nSPS) is 10.8. The van der Waals surface area contributed by atoms with E-state index in [9.17, 15) is 14.4 Å². The maximum atomic E-state index is 12.3. The highest BCUT2D eigenvalue weighted by Gasteiger charge is 2.11. The van der Waals surface area contributed by atoms with E-state index in [1.54, 1.807) is 36.2 Å². The Bertz CT molecular complexity index is 776. The number of unbranched alkanes of at least 4 members (excludes halogenated alkanes) is 1. The SMILES string of the molecule is CCCCN(C)C(=O)CCn1[nH]c(=O)c2ccccc2c1=O. The molecule has 1 aromatic heterocycles. The van der Waals surface area contributed by atoms with E-state index in [4.69, 9.17) is 0 Å². The van der Waals surface area contributed by atoms with Crippen LogP contribution in [0.1, 0.15) is 26.2 Å². The van der Waals surface area contributed by atoms with Crippen LogP contribution in [0.4, 0.5) is 0 Å². The van der Waals surface area contributed by atoms with Crippen LogP contribution in [0.2, 0.25) is 0 Å². The number of nitrogens with zero attached hydrogens (tertiary/aromatic N) is 2. The van der Waals surface area contributed by atoms with Crippen LogP contribution in [0.3, 0.4) is 0 Å². The number of carbonyl (C=O) groups is 1. The Hall–Kier alpha value is -2.37. The van der Waals surface area contributed by atoms with Crippen LogP contribution in [0, 0.1) is 0 Å². The Labute approximate surface area is 128 Å². The molecule has 1 heterocycles. The highest BCUT2D eigenvalue weighted by atomic mass is 16.2. The molecule has 22 heavy (non-hydrogen) atoms. The highest BCUT2D eigenvalue weighted by Crippen LogP contribution is 2.03. The van der Waals surface area contributed by atoms with Gasteiger partial charge in [0, 0.05) is 20.0 Å². The van der Waals surface area contributed by atoms with Gasteiger partial charge >= 0.3 is 0 Å². The van der Waals surface area contributed by atoms with Crippen molar-refractivity contribution in [3.05, 3.63) is 45.0 Å². The minimum absolute atomic E-state index is 0.0330. The number of aromatic nitrogens is 2. The van der Waals surface area contributed by atoms with Crippen molar-refractivity contribution in [1.29, 1.82) is 0 Å². The van der Waals surface area contributed by atoms with E-state index in [1.807, 2.05) is 0 Å². The first-order valence-corrected chi connectivity index (χ1v) is 7.50. The lowest BCUT2D eigenvalue weighted by atomic mass is 10.2. The maximum absolute atomic E-state index is 12.3. The van der Waals surface area contributed by atoms with Gasteiger partial charge < -0.3 is 4.90 Å². The van der Waals surface area contributed by atoms with Crippen molar-refractivity contribution in [3.63, 3.8) is 0 Å². The van der Waals surface area contributed by atoms with E-state index in [1.165, 1.54) is 4.68 Å². The fourth-order valence-electron chi connectivity index (χ4n) is 2.32. The van der Waals surface area contributed by atoms with Gasteiger partial charge in [-0.15, -0.1) is 0 Å². The zero-order valence-corrected chi connectivity index (χ0v) is 13.0. The van der Waals surface area contributed by atoms with Crippen LogP contribution < -0.4 is 11.1 Å². The first kappa shape index (κ1) is 16.0. The molecule has 1 N–H and O–H groups in total. The average Bonchev–Trinajstić information content (AvgIpc) is 2.54. The summed E-state index contributed by atoms with van der Waals surface area (Å²) in [6.45, 7) is 2.95. The van der Waals surface area contributed by atoms with Crippen molar-refractivity contribution in [3.8, 4) is 0 Å². The second kappa shape index (κ2) is 7.06. The Morgan fingerprint density at radius 3 is 2.59 bits per heavy atom. The number of amides is 1. The maximum Gasteiger partial charge on any atom is 0.273 e. The topological polar surface area (TPSA) is 75.2 Å². The molecule has 2 aromatic rings. The third kappa shape index (κ3) is 3.44. The summed E-state index contributed by atoms with van der Waals surface area (Å²) >= 11 is 0. The number of H-pyrrole nitrogens is 1. The van der Waals surface area contributed by atoms with E-state index >= 15 is 0 Å². The van der Waals surface area contributed by atoms with Gasteiger partial charge in [-0.2, -0.15) is 0 Å². The summed E-state index contributed by atoms with van der Waals surface area (Å²) in [6, 6.07) is 6.67. The fraction of sp³-hybridized carbons (Fsp3) is 0.438. The summed E-state index contributed by atoms with van der Waals surface area (Å²) in [5.41, 5.74) is -0.596. The largest absolute Gasteiger partial charge is 0.346 e. The van der Waals surface area contributed by atoms with Crippen LogP contribution in [0.15, 0.2) is 33.9 Å². The predicted molar refractivity (Wildman–Crippen MR) is 86.0 cm³/mol. The number of nitrogens with one attached hydrogen (secondary N) is 1. The van der Waals surface area contributed by atoms with Crippen molar-refractivity contribution in [2.24, 2.45) is 0 Å². The van der Waals surface area contributed by atoms with E-state index in [2.05, 4.69) is 12.0 Å². The van der Waals surface area contributed by atoms with Crippen molar-refractivity contribution >= 4 is 16.7 Å². The standard InChI is InChI=1S/C16H21N3O3/c1-3-4-10-18(2)14(20)9-11-19-16(22)13-8-6-5-7-12(13)15(21)17-19/h5-8H,3-4,9-11H2,1-2H3,(H,17,21). The number of hydrogen-bond acceptors (Lipinski definition) is 3. The van der Waals surface area contributed by atoms with Gasteiger partial charge in [-0.1, -0.05) is 25.5 Å². The molecule has 118 valence electrons. The summed E-state index contributed by atoms with van der Waals surface area (Å²) < 4.78 is 1.22. The second-order valence-electron chi connectivity index (χ2n) is 5.36. The highest BCUT2D eigenvalue weighted by molar-refractivity contribution is 5.80. The average molecular weight is 303 g/mol. The van der Waals surface area contributed by atoms with Gasteiger partial charge in [0.15, 0.2) is 0 Å². The molecular weight excluding hydrogens is 282 g/mol. The number of carbonyl (C=O) groups excluding carboxylic acids is 1. The quantitative estimate of drug-likeness (QED) is 0.875. The zero-order chi connectivity index (χ0) is 16.1. The Morgan fingerprint density at radius 2 is 1.91 bits per heavy atom. The van der Waals surface area contributed by atoms with Crippen molar-refractivity contribution in [1.82, 2.24) is 14.7 Å². The number of rotatable bonds is 6. The molecular formula is C16H21N3O3. The molecule has 0 aliphatic carbocycles. The number of aryl methyl sites for hydroxylation is 1. The lowest BCUT2D eigenvalue weighted by molar-refractivity contribution is -0.130. The van der Waals surface area contributed by atoms with Crippen LogP contribution in [-0.4, -0.2) is 34.2 Å². The molecule has 0 fully saturated rings. The van der Waals surface area contributed by atoms with Crippen LogP contribution in [-0.2, 0) is 11.3 Å². The Kier molecular flexibility index (Phi) is 5.14. The summed E-state index contributed by atoms with van der Waals surface area (Å²) in [5, 5.41) is 3.28. The molecule has 1 aromatic carbocycles. The van der Waals surface area contributed by atoms with Gasteiger partial charge in [-0.25, -0.2) is 4.68 Å². The molecule has 6 heteroatoms. The zero-order valence-electron chi connectivity index (χ0n) is 13.0. The number of aromatic amines is 1. The van der Waals surface area contributed by atoms with Gasteiger partial charge in [0.2, 0.25) is 5.91 Å². The third-order valence-corrected chi connectivity index (χ3v) is 3.71. The number of hydrogen-bond donors (Lipinski definition) is 1. The lowest BCUT2D eigenvalue weighted by Crippen LogP contribution is -2.33. The first-order valence-electron chi connectivity index (χ1n) is 7.50. The first-order chi connectivity index (χ1) is 10.5. The van der Waals surface area contributed by atoms with Gasteiger partial charge in [0.1, 0.15) is 0 Å². The van der Waals surface area contributed by atoms with Crippen molar-refractivity contribution in [2.75, 3.05) is 13.6 Å². The van der Waals surface area contributed by atoms with Gasteiger partial charge in [0.25, 0.3) is 11.1 Å². The molecule has 0 unspecified atom stereocenters. The molecule has 0 aliphatic heterocycles. The molecule has 1 amide bonds. The molecule has 0 bridgehead atoms. The van der Waals surface area contributed by atoms with E-state index in [0.29, 0.717) is 17.3 Å². The van der Waals surface area contributed by atoms with E-state index in [0.717, 1.165) is 12.8 Å². The smallest absolute Gasteiger partial charge is 0.273 e. The predicted octanol–water partition coefficient (Wildman–Crippen LogP) is 1.34. The summed E-state index contributed by atoms with van der Waals surface area (Å²) in [4.78, 5) is 37.9. The fourth-order valence-corrected chi connectivity index (χ4v) is 2.32. The van der Waals surface area contributed by atoms with Crippen LogP contribution >= 0.6 is 0 Å². The van der Waals surface area contributed by atoms with Gasteiger partial charge in [0.05, 0.1) is 17.3 Å². The summed E-state index contributed by atoms with van der Waals surface area (Å²) in [7, 11) is 1.75. The molecule has 0 saturated heterocycles. The minimum Gasteiger partial charge on any atom is -0.346 e. The summed E-state index contributed by atoms with van der Waals surface area (Å²) in [6.07, 6.45) is 2.17. The van der Waals surface area contributed by atoms with Crippen LogP contribution in [0.25, 0.3) is 10.8 Å². The number of benzene rings is 1. The van der Waals surface area contributed by atoms with Crippen molar-refractivity contribution < 1.29 is 4.79 Å². The van der Waals surface area contributed by atoms with Crippen molar-refractivity contribution in [2.45, 2.75) is 32.7 Å². The van der Waals surface area contributed by atoms with Gasteiger partial charge in [-0.3, -0.25) is 19.5 Å². The minimum atomic E-state index is -0.318. The van der Waals surface area contributed by atoms with E-state index in [-0.39, 0.29) is 30.0 Å². The Balaban J connectivity index is 2.16. The molecule has 2 rings (SSSR count).